The molecule has 0 radical (unpaired) electrons. The molecule has 0 rings (SSSR count). The number of thioether (sulfide) groups is 1. The van der Waals surface area contributed by atoms with Crippen LogP contribution < -0.4 is 4.72 Å². The number of hydrogen-bond acceptors (Lipinski definition) is 3. The van der Waals surface area contributed by atoms with Gasteiger partial charge in [-0.2, -0.15) is 11.8 Å². The molecule has 0 atom stereocenters. The maximum absolute atomic E-state index is 11.0. The Morgan fingerprint density at radius 3 is 2.55 bits per heavy atom. The van der Waals surface area contributed by atoms with E-state index in [1.54, 1.807) is 11.8 Å². The van der Waals surface area contributed by atoms with Crippen LogP contribution in [-0.2, 0) is 10.0 Å². The van der Waals surface area contributed by atoms with E-state index >= 15 is 0 Å². The molecule has 0 saturated heterocycles. The minimum absolute atomic E-state index is 0.237. The monoisotopic (exact) mass is 197 g/mol. The molecule has 0 aromatic heterocycles. The Bertz CT molecular complexity index is 177. The number of rotatable bonds is 6. The van der Waals surface area contributed by atoms with Crippen LogP contribution in [0.4, 0.5) is 0 Å². The van der Waals surface area contributed by atoms with Crippen molar-refractivity contribution in [1.29, 1.82) is 0 Å². The molecule has 0 saturated carbocycles. The second-order valence-electron chi connectivity index (χ2n) is 2.21. The summed E-state index contributed by atoms with van der Waals surface area (Å²) in [6.07, 6.45) is 2.63. The standard InChI is InChI=1S/C6H15NO2S2/c1-3-6-11(8,9)7-4-5-10-2/h7H,3-6H2,1-2H3. The van der Waals surface area contributed by atoms with Crippen LogP contribution in [-0.4, -0.2) is 32.7 Å². The summed E-state index contributed by atoms with van der Waals surface area (Å²) in [4.78, 5) is 0. The zero-order chi connectivity index (χ0) is 8.74. The van der Waals surface area contributed by atoms with E-state index in [1.807, 2.05) is 13.2 Å². The van der Waals surface area contributed by atoms with Crippen LogP contribution in [0, 0.1) is 0 Å². The van der Waals surface area contributed by atoms with Gasteiger partial charge in [0.2, 0.25) is 10.0 Å². The van der Waals surface area contributed by atoms with Crippen molar-refractivity contribution in [2.24, 2.45) is 0 Å². The lowest BCUT2D eigenvalue weighted by molar-refractivity contribution is 0.583. The Kier molecular flexibility index (Phi) is 5.99. The summed E-state index contributed by atoms with van der Waals surface area (Å²) in [5.41, 5.74) is 0. The summed E-state index contributed by atoms with van der Waals surface area (Å²) in [6.45, 7) is 2.40. The van der Waals surface area contributed by atoms with Gasteiger partial charge in [0.15, 0.2) is 0 Å². The van der Waals surface area contributed by atoms with E-state index in [0.29, 0.717) is 13.0 Å². The molecule has 1 N–H and O–H groups in total. The summed E-state index contributed by atoms with van der Waals surface area (Å²) in [7, 11) is -2.97. The van der Waals surface area contributed by atoms with Gasteiger partial charge in [-0.3, -0.25) is 0 Å². The molecule has 0 aliphatic carbocycles. The zero-order valence-corrected chi connectivity index (χ0v) is 8.59. The molecular formula is C6H15NO2S2. The van der Waals surface area contributed by atoms with Crippen molar-refractivity contribution in [3.8, 4) is 0 Å². The van der Waals surface area contributed by atoms with Crippen molar-refractivity contribution in [1.82, 2.24) is 4.72 Å². The predicted molar refractivity (Wildman–Crippen MR) is 50.5 cm³/mol. The lowest BCUT2D eigenvalue weighted by Crippen LogP contribution is -2.28. The van der Waals surface area contributed by atoms with Crippen molar-refractivity contribution in [3.05, 3.63) is 0 Å². The van der Waals surface area contributed by atoms with Crippen molar-refractivity contribution in [2.45, 2.75) is 13.3 Å². The van der Waals surface area contributed by atoms with Gasteiger partial charge in [-0.1, -0.05) is 6.92 Å². The first-order chi connectivity index (χ1) is 5.12. The maximum Gasteiger partial charge on any atom is 0.211 e. The number of nitrogens with one attached hydrogen (secondary N) is 1. The number of hydrogen-bond donors (Lipinski definition) is 1. The van der Waals surface area contributed by atoms with Crippen molar-refractivity contribution in [3.63, 3.8) is 0 Å². The highest BCUT2D eigenvalue weighted by Crippen LogP contribution is 1.91. The molecule has 0 fully saturated rings. The molecule has 0 amide bonds. The van der Waals surface area contributed by atoms with Gasteiger partial charge in [0, 0.05) is 12.3 Å². The molecule has 11 heavy (non-hydrogen) atoms. The highest BCUT2D eigenvalue weighted by Gasteiger charge is 2.05. The third-order valence-corrected chi connectivity index (χ3v) is 3.30. The average molecular weight is 197 g/mol. The summed E-state index contributed by atoms with van der Waals surface area (Å²) in [5, 5.41) is 0. The van der Waals surface area contributed by atoms with Gasteiger partial charge in [-0.15, -0.1) is 0 Å². The van der Waals surface area contributed by atoms with E-state index in [-0.39, 0.29) is 5.75 Å². The Labute approximate surface area is 73.0 Å². The third-order valence-electron chi connectivity index (χ3n) is 1.10. The Balaban J connectivity index is 3.56. The summed E-state index contributed by atoms with van der Waals surface area (Å²) in [6, 6.07) is 0. The van der Waals surface area contributed by atoms with E-state index in [0.717, 1.165) is 5.75 Å². The van der Waals surface area contributed by atoms with Crippen LogP contribution in [0.3, 0.4) is 0 Å². The first-order valence-corrected chi connectivity index (χ1v) is 6.63. The normalized spacial score (nSPS) is 11.8. The van der Waals surface area contributed by atoms with Crippen LogP contribution in [0.2, 0.25) is 0 Å². The van der Waals surface area contributed by atoms with Crippen molar-refractivity contribution in [2.75, 3.05) is 24.3 Å². The summed E-state index contributed by atoms with van der Waals surface area (Å²) >= 11 is 1.63. The fourth-order valence-corrected chi connectivity index (χ4v) is 2.17. The largest absolute Gasteiger partial charge is 0.214 e. The predicted octanol–water partition coefficient (Wildman–Crippen LogP) is 0.679. The smallest absolute Gasteiger partial charge is 0.211 e. The van der Waals surface area contributed by atoms with Crippen LogP contribution in [0.25, 0.3) is 0 Å². The number of sulfonamides is 1. The molecule has 0 unspecified atom stereocenters. The van der Waals surface area contributed by atoms with Crippen LogP contribution >= 0.6 is 11.8 Å². The molecule has 0 aliphatic heterocycles. The molecule has 0 aliphatic rings. The zero-order valence-electron chi connectivity index (χ0n) is 6.96. The van der Waals surface area contributed by atoms with Crippen LogP contribution in [0.1, 0.15) is 13.3 Å². The molecule has 0 bridgehead atoms. The molecule has 0 aromatic rings. The highest BCUT2D eigenvalue weighted by molar-refractivity contribution is 7.98. The Morgan fingerprint density at radius 2 is 2.09 bits per heavy atom. The molecule has 5 heteroatoms. The topological polar surface area (TPSA) is 46.2 Å². The first-order valence-electron chi connectivity index (χ1n) is 3.58. The van der Waals surface area contributed by atoms with Crippen molar-refractivity contribution < 1.29 is 8.42 Å². The highest BCUT2D eigenvalue weighted by atomic mass is 32.2. The first kappa shape index (κ1) is 11.3. The van der Waals surface area contributed by atoms with E-state index in [9.17, 15) is 8.42 Å². The maximum atomic E-state index is 11.0. The SMILES string of the molecule is CCCS(=O)(=O)NCCSC. The summed E-state index contributed by atoms with van der Waals surface area (Å²) < 4.78 is 24.5. The molecule has 0 spiro atoms. The minimum Gasteiger partial charge on any atom is -0.214 e. The minimum atomic E-state index is -2.97. The Hall–Kier alpha value is 0.260. The second-order valence-corrected chi connectivity index (χ2v) is 5.12. The van der Waals surface area contributed by atoms with Crippen molar-refractivity contribution >= 4 is 21.8 Å². The molecule has 0 heterocycles. The second kappa shape index (κ2) is 5.85. The van der Waals surface area contributed by atoms with Gasteiger partial charge in [-0.25, -0.2) is 13.1 Å². The van der Waals surface area contributed by atoms with Gasteiger partial charge in [0.1, 0.15) is 0 Å². The fourth-order valence-electron chi connectivity index (χ4n) is 0.640. The molecule has 0 aromatic carbocycles. The van der Waals surface area contributed by atoms with Gasteiger partial charge in [-0.05, 0) is 12.7 Å². The quantitative estimate of drug-likeness (QED) is 0.637. The van der Waals surface area contributed by atoms with Gasteiger partial charge < -0.3 is 0 Å². The van der Waals surface area contributed by atoms with Gasteiger partial charge in [0.25, 0.3) is 0 Å². The van der Waals surface area contributed by atoms with Crippen LogP contribution in [0.5, 0.6) is 0 Å². The Morgan fingerprint density at radius 1 is 1.45 bits per heavy atom. The fraction of sp³-hybridized carbons (Fsp3) is 1.00. The lowest BCUT2D eigenvalue weighted by atomic mass is 10.6. The average Bonchev–Trinajstić information content (AvgIpc) is 1.87. The molecule has 3 nitrogen and oxygen atoms in total. The molecular weight excluding hydrogens is 182 g/mol. The van der Waals surface area contributed by atoms with Gasteiger partial charge in [0.05, 0.1) is 5.75 Å². The van der Waals surface area contributed by atoms with Crippen LogP contribution in [0.15, 0.2) is 0 Å². The van der Waals surface area contributed by atoms with E-state index < -0.39 is 10.0 Å². The molecule has 68 valence electrons. The lowest BCUT2D eigenvalue weighted by Gasteiger charge is -2.02. The third kappa shape index (κ3) is 6.65. The van der Waals surface area contributed by atoms with E-state index in [4.69, 9.17) is 0 Å². The van der Waals surface area contributed by atoms with Gasteiger partial charge >= 0.3 is 0 Å². The summed E-state index contributed by atoms with van der Waals surface area (Å²) in [5.74, 6) is 1.07. The van der Waals surface area contributed by atoms with E-state index in [1.165, 1.54) is 0 Å². The van der Waals surface area contributed by atoms with E-state index in [2.05, 4.69) is 4.72 Å².